The quantitative estimate of drug-likeness (QED) is 0.499. The van der Waals surface area contributed by atoms with Crippen molar-refractivity contribution < 1.29 is 4.79 Å². The summed E-state index contributed by atoms with van der Waals surface area (Å²) in [5.74, 6) is 0.410. The fraction of sp³-hybridized carbons (Fsp3) is 0.150. The monoisotopic (exact) mass is 394 g/mol. The van der Waals surface area contributed by atoms with Gasteiger partial charge in [-0.15, -0.1) is 22.7 Å². The predicted octanol–water partition coefficient (Wildman–Crippen LogP) is 4.68. The number of thiophene rings is 1. The number of hydrogen-bond acceptors (Lipinski definition) is 5. The molecule has 136 valence electrons. The van der Waals surface area contributed by atoms with Crippen molar-refractivity contribution in [3.05, 3.63) is 75.1 Å². The number of carbonyl (C=O) groups excluding carboxylic acids is 1. The van der Waals surface area contributed by atoms with Crippen LogP contribution in [-0.2, 0) is 17.6 Å². The molecule has 27 heavy (non-hydrogen) atoms. The lowest BCUT2D eigenvalue weighted by Gasteiger charge is -1.99. The van der Waals surface area contributed by atoms with Crippen molar-refractivity contribution in [2.24, 2.45) is 0 Å². The summed E-state index contributed by atoms with van der Waals surface area (Å²) in [5.41, 5.74) is 2.91. The second-order valence-corrected chi connectivity index (χ2v) is 8.43. The Hall–Kier alpha value is -2.77. The van der Waals surface area contributed by atoms with Crippen LogP contribution in [0.15, 0.2) is 53.9 Å². The Morgan fingerprint density at radius 2 is 2.04 bits per heavy atom. The van der Waals surface area contributed by atoms with Gasteiger partial charge in [-0.3, -0.25) is 9.89 Å². The number of aryl methyl sites for hydroxylation is 1. The Labute approximate surface area is 165 Å². The number of aromatic nitrogens is 3. The molecule has 0 radical (unpaired) electrons. The molecular formula is C20H18N4OS2. The zero-order valence-corrected chi connectivity index (χ0v) is 16.4. The van der Waals surface area contributed by atoms with Gasteiger partial charge in [0.05, 0.1) is 27.7 Å². The van der Waals surface area contributed by atoms with Crippen molar-refractivity contribution in [3.63, 3.8) is 0 Å². The number of rotatable bonds is 6. The predicted molar refractivity (Wildman–Crippen MR) is 110 cm³/mol. The molecule has 7 heteroatoms. The Morgan fingerprint density at radius 3 is 2.81 bits per heavy atom. The number of nitrogens with zero attached hydrogens (tertiary/aromatic N) is 2. The first-order chi connectivity index (χ1) is 13.2. The second-order valence-electron chi connectivity index (χ2n) is 6.20. The van der Waals surface area contributed by atoms with Crippen molar-refractivity contribution in [1.82, 2.24) is 15.2 Å². The van der Waals surface area contributed by atoms with Crippen LogP contribution in [0.2, 0.25) is 0 Å². The van der Waals surface area contributed by atoms with E-state index in [-0.39, 0.29) is 12.3 Å². The number of hydrogen-bond donors (Lipinski definition) is 2. The molecule has 4 aromatic rings. The van der Waals surface area contributed by atoms with Crippen LogP contribution >= 0.6 is 22.7 Å². The summed E-state index contributed by atoms with van der Waals surface area (Å²) >= 11 is 3.27. The maximum Gasteiger partial charge on any atom is 0.231 e. The summed E-state index contributed by atoms with van der Waals surface area (Å²) in [5, 5.41) is 12.9. The molecule has 0 fully saturated rings. The van der Waals surface area contributed by atoms with Crippen molar-refractivity contribution in [1.29, 1.82) is 0 Å². The first kappa shape index (κ1) is 17.6. The molecule has 5 nitrogen and oxygen atoms in total. The Bertz CT molecular complexity index is 1050. The van der Waals surface area contributed by atoms with Gasteiger partial charge in [-0.25, -0.2) is 4.98 Å². The first-order valence-electron chi connectivity index (χ1n) is 8.55. The normalized spacial score (nSPS) is 10.9. The van der Waals surface area contributed by atoms with E-state index in [9.17, 15) is 4.79 Å². The van der Waals surface area contributed by atoms with Crippen molar-refractivity contribution >= 4 is 34.4 Å². The molecule has 2 N–H and O–H groups in total. The number of anilines is 1. The first-order valence-corrected chi connectivity index (χ1v) is 10.2. The Balaban J connectivity index is 1.35. The van der Waals surface area contributed by atoms with Crippen LogP contribution in [0.5, 0.6) is 0 Å². The SMILES string of the molecule is Cc1ccc(-c2cc(NC(=O)Cc3csc(Cc4ccccc4)n3)n[nH]2)s1. The summed E-state index contributed by atoms with van der Waals surface area (Å²) in [6.45, 7) is 2.06. The lowest BCUT2D eigenvalue weighted by molar-refractivity contribution is -0.115. The van der Waals surface area contributed by atoms with E-state index in [0.717, 1.165) is 27.7 Å². The fourth-order valence-corrected chi connectivity index (χ4v) is 4.39. The van der Waals surface area contributed by atoms with Crippen LogP contribution in [0, 0.1) is 6.92 Å². The summed E-state index contributed by atoms with van der Waals surface area (Å²) in [7, 11) is 0. The molecule has 0 aliphatic heterocycles. The Morgan fingerprint density at radius 1 is 1.19 bits per heavy atom. The highest BCUT2D eigenvalue weighted by atomic mass is 32.1. The molecule has 3 aromatic heterocycles. The minimum Gasteiger partial charge on any atom is -0.309 e. The molecule has 0 atom stereocenters. The van der Waals surface area contributed by atoms with E-state index in [4.69, 9.17) is 0 Å². The average Bonchev–Trinajstić information content (AvgIpc) is 3.38. The maximum atomic E-state index is 12.3. The largest absolute Gasteiger partial charge is 0.309 e. The number of nitrogens with one attached hydrogen (secondary N) is 2. The van der Waals surface area contributed by atoms with Gasteiger partial charge in [0.1, 0.15) is 0 Å². The molecular weight excluding hydrogens is 376 g/mol. The standard InChI is InChI=1S/C20H18N4OS2/c1-13-7-8-17(27-13)16-11-18(24-23-16)22-19(25)10-15-12-26-20(21-15)9-14-5-3-2-4-6-14/h2-8,11-12H,9-10H2,1H3,(H2,22,23,24,25). The van der Waals surface area contributed by atoms with E-state index in [1.54, 1.807) is 22.7 Å². The van der Waals surface area contributed by atoms with E-state index in [1.165, 1.54) is 10.4 Å². The molecule has 4 rings (SSSR count). The molecule has 0 aliphatic carbocycles. The van der Waals surface area contributed by atoms with Gasteiger partial charge in [-0.2, -0.15) is 5.10 Å². The molecule has 0 unspecified atom stereocenters. The lowest BCUT2D eigenvalue weighted by Crippen LogP contribution is -2.14. The third-order valence-corrected chi connectivity index (χ3v) is 5.92. The van der Waals surface area contributed by atoms with Gasteiger partial charge >= 0.3 is 0 Å². The van der Waals surface area contributed by atoms with Crippen LogP contribution in [0.1, 0.15) is 21.1 Å². The highest BCUT2D eigenvalue weighted by Gasteiger charge is 2.11. The molecule has 0 saturated heterocycles. The summed E-state index contributed by atoms with van der Waals surface area (Å²) in [6.07, 6.45) is 1.03. The van der Waals surface area contributed by atoms with Crippen LogP contribution in [0.4, 0.5) is 5.82 Å². The molecule has 0 bridgehead atoms. The van der Waals surface area contributed by atoms with E-state index in [2.05, 4.69) is 45.6 Å². The van der Waals surface area contributed by atoms with Crippen molar-refractivity contribution in [2.45, 2.75) is 19.8 Å². The number of H-pyrrole nitrogens is 1. The number of thiazole rings is 1. The van der Waals surface area contributed by atoms with Gasteiger partial charge < -0.3 is 5.32 Å². The van der Waals surface area contributed by atoms with Crippen LogP contribution < -0.4 is 5.32 Å². The number of carbonyl (C=O) groups is 1. The molecule has 0 saturated carbocycles. The van der Waals surface area contributed by atoms with Gasteiger partial charge in [-0.05, 0) is 24.6 Å². The smallest absolute Gasteiger partial charge is 0.231 e. The molecule has 1 aromatic carbocycles. The molecule has 3 heterocycles. The topological polar surface area (TPSA) is 70.7 Å². The lowest BCUT2D eigenvalue weighted by atomic mass is 10.2. The van der Waals surface area contributed by atoms with Gasteiger partial charge in [0.15, 0.2) is 5.82 Å². The minimum absolute atomic E-state index is 0.119. The second kappa shape index (κ2) is 7.85. The molecule has 0 aliphatic rings. The highest BCUT2D eigenvalue weighted by molar-refractivity contribution is 7.15. The zero-order chi connectivity index (χ0) is 18.6. The van der Waals surface area contributed by atoms with Gasteiger partial charge in [0, 0.05) is 22.7 Å². The van der Waals surface area contributed by atoms with E-state index >= 15 is 0 Å². The number of amides is 1. The van der Waals surface area contributed by atoms with Gasteiger partial charge in [0.2, 0.25) is 5.91 Å². The molecule has 0 spiro atoms. The van der Waals surface area contributed by atoms with Crippen LogP contribution in [-0.4, -0.2) is 21.1 Å². The van der Waals surface area contributed by atoms with Crippen molar-refractivity contribution in [3.8, 4) is 10.6 Å². The van der Waals surface area contributed by atoms with Gasteiger partial charge in [-0.1, -0.05) is 30.3 Å². The molecule has 1 amide bonds. The van der Waals surface area contributed by atoms with E-state index in [1.807, 2.05) is 35.7 Å². The third-order valence-electron chi connectivity index (χ3n) is 3.99. The third kappa shape index (κ3) is 4.50. The maximum absolute atomic E-state index is 12.3. The van der Waals surface area contributed by atoms with Crippen LogP contribution in [0.25, 0.3) is 10.6 Å². The minimum atomic E-state index is -0.119. The zero-order valence-electron chi connectivity index (χ0n) is 14.7. The summed E-state index contributed by atoms with van der Waals surface area (Å²) in [4.78, 5) is 19.2. The summed E-state index contributed by atoms with van der Waals surface area (Å²) in [6, 6.07) is 16.2. The van der Waals surface area contributed by atoms with E-state index < -0.39 is 0 Å². The van der Waals surface area contributed by atoms with Crippen LogP contribution in [0.3, 0.4) is 0 Å². The summed E-state index contributed by atoms with van der Waals surface area (Å²) < 4.78 is 0. The fourth-order valence-electron chi connectivity index (χ4n) is 2.72. The highest BCUT2D eigenvalue weighted by Crippen LogP contribution is 2.27. The van der Waals surface area contributed by atoms with Gasteiger partial charge in [0.25, 0.3) is 0 Å². The number of aromatic amines is 1. The average molecular weight is 395 g/mol. The number of benzene rings is 1. The Kier molecular flexibility index (Phi) is 5.13. The van der Waals surface area contributed by atoms with E-state index in [0.29, 0.717) is 5.82 Å². The van der Waals surface area contributed by atoms with Crippen molar-refractivity contribution in [2.75, 3.05) is 5.32 Å².